The van der Waals surface area contributed by atoms with E-state index in [0.717, 1.165) is 0 Å². The van der Waals surface area contributed by atoms with Gasteiger partial charge >= 0.3 is 12.1 Å². The molecule has 0 bridgehead atoms. The van der Waals surface area contributed by atoms with Gasteiger partial charge in [-0.2, -0.15) is 0 Å². The zero-order valence-corrected chi connectivity index (χ0v) is 12.1. The van der Waals surface area contributed by atoms with E-state index in [1.807, 2.05) is 20.8 Å². The smallest absolute Gasteiger partial charge is 0.410 e. The lowest BCUT2D eigenvalue weighted by molar-refractivity contribution is -0.150. The number of hydrogen-bond donors (Lipinski definition) is 1. The highest BCUT2D eigenvalue weighted by Crippen LogP contribution is 2.19. The third kappa shape index (κ3) is 4.70. The quantitative estimate of drug-likeness (QED) is 0.762. The summed E-state index contributed by atoms with van der Waals surface area (Å²) in [6, 6.07) is -0.266. The predicted octanol–water partition coefficient (Wildman–Crippen LogP) is 1.13. The van der Waals surface area contributed by atoms with Gasteiger partial charge in [0.15, 0.2) is 0 Å². The van der Waals surface area contributed by atoms with Crippen LogP contribution in [0.3, 0.4) is 0 Å². The predicted molar refractivity (Wildman–Crippen MR) is 70.5 cm³/mol. The fraction of sp³-hybridized carbons (Fsp3) is 0.846. The Kier molecular flexibility index (Phi) is 5.17. The van der Waals surface area contributed by atoms with Crippen molar-refractivity contribution in [1.29, 1.82) is 0 Å². The number of piperidine rings is 1. The molecule has 1 fully saturated rings. The number of likely N-dealkylation sites (tertiary alicyclic amines) is 1. The summed E-state index contributed by atoms with van der Waals surface area (Å²) in [5, 5.41) is 0. The fourth-order valence-corrected chi connectivity index (χ4v) is 1.96. The van der Waals surface area contributed by atoms with Crippen molar-refractivity contribution in [1.82, 2.24) is 4.90 Å². The average molecular weight is 272 g/mol. The van der Waals surface area contributed by atoms with Crippen molar-refractivity contribution in [2.75, 3.05) is 19.7 Å². The van der Waals surface area contributed by atoms with Crippen LogP contribution in [-0.2, 0) is 14.3 Å². The molecule has 0 aromatic carbocycles. The van der Waals surface area contributed by atoms with Crippen molar-refractivity contribution < 1.29 is 19.1 Å². The summed E-state index contributed by atoms with van der Waals surface area (Å²) in [6.07, 6.45) is 0.164. The van der Waals surface area contributed by atoms with Crippen LogP contribution in [0.2, 0.25) is 0 Å². The molecule has 0 saturated carbocycles. The number of nitrogens with zero attached hydrogens (tertiary/aromatic N) is 1. The molecule has 1 aliphatic rings. The number of esters is 1. The SMILES string of the molecule is CCOC(=O)C1CN(C(=O)OC(C)(C)C)CCC1N. The van der Waals surface area contributed by atoms with Gasteiger partial charge in [-0.15, -0.1) is 0 Å². The summed E-state index contributed by atoms with van der Waals surface area (Å²) in [4.78, 5) is 25.3. The second-order valence-corrected chi connectivity index (χ2v) is 5.74. The highest BCUT2D eigenvalue weighted by molar-refractivity contribution is 5.75. The molecule has 1 heterocycles. The summed E-state index contributed by atoms with van der Waals surface area (Å²) < 4.78 is 10.3. The molecule has 0 aliphatic carbocycles. The van der Waals surface area contributed by atoms with Gasteiger partial charge in [0, 0.05) is 19.1 Å². The molecule has 2 unspecified atom stereocenters. The van der Waals surface area contributed by atoms with Crippen molar-refractivity contribution in [3.63, 3.8) is 0 Å². The third-order valence-electron chi connectivity index (χ3n) is 2.91. The van der Waals surface area contributed by atoms with Crippen LogP contribution < -0.4 is 5.73 Å². The maximum Gasteiger partial charge on any atom is 0.410 e. The Morgan fingerprint density at radius 2 is 2.00 bits per heavy atom. The molecular formula is C13H24N2O4. The molecule has 2 atom stereocenters. The number of ether oxygens (including phenoxy) is 2. The van der Waals surface area contributed by atoms with Gasteiger partial charge in [0.05, 0.1) is 12.5 Å². The zero-order chi connectivity index (χ0) is 14.6. The van der Waals surface area contributed by atoms with Crippen LogP contribution in [-0.4, -0.2) is 48.3 Å². The fourth-order valence-electron chi connectivity index (χ4n) is 1.96. The Morgan fingerprint density at radius 1 is 1.37 bits per heavy atom. The number of carbonyl (C=O) groups is 2. The molecule has 0 aromatic heterocycles. The van der Waals surface area contributed by atoms with Crippen molar-refractivity contribution in [3.05, 3.63) is 0 Å². The summed E-state index contributed by atoms with van der Waals surface area (Å²) in [5.74, 6) is -0.815. The Balaban J connectivity index is 2.63. The van der Waals surface area contributed by atoms with Crippen LogP contribution in [0.1, 0.15) is 34.1 Å². The molecule has 6 heteroatoms. The summed E-state index contributed by atoms with van der Waals surface area (Å²) in [7, 11) is 0. The Morgan fingerprint density at radius 3 is 2.53 bits per heavy atom. The Bertz CT molecular complexity index is 338. The molecular weight excluding hydrogens is 248 g/mol. The van der Waals surface area contributed by atoms with Crippen LogP contribution in [0.15, 0.2) is 0 Å². The molecule has 110 valence electrons. The topological polar surface area (TPSA) is 81.9 Å². The van der Waals surface area contributed by atoms with Gasteiger partial charge in [-0.1, -0.05) is 0 Å². The second-order valence-electron chi connectivity index (χ2n) is 5.74. The van der Waals surface area contributed by atoms with E-state index >= 15 is 0 Å². The van der Waals surface area contributed by atoms with Crippen LogP contribution >= 0.6 is 0 Å². The average Bonchev–Trinajstić information content (AvgIpc) is 2.27. The first kappa shape index (κ1) is 15.8. The van der Waals surface area contributed by atoms with E-state index in [1.165, 1.54) is 4.90 Å². The molecule has 1 saturated heterocycles. The minimum absolute atomic E-state index is 0.259. The van der Waals surface area contributed by atoms with Gasteiger partial charge in [-0.05, 0) is 34.1 Å². The molecule has 0 radical (unpaired) electrons. The van der Waals surface area contributed by atoms with Gasteiger partial charge in [0.25, 0.3) is 0 Å². The number of amides is 1. The van der Waals surface area contributed by atoms with E-state index in [1.54, 1.807) is 6.92 Å². The maximum atomic E-state index is 12.0. The number of carbonyl (C=O) groups excluding carboxylic acids is 2. The van der Waals surface area contributed by atoms with Crippen LogP contribution in [0.4, 0.5) is 4.79 Å². The summed E-state index contributed by atoms with van der Waals surface area (Å²) >= 11 is 0. The van der Waals surface area contributed by atoms with E-state index in [9.17, 15) is 9.59 Å². The molecule has 19 heavy (non-hydrogen) atoms. The number of hydrogen-bond acceptors (Lipinski definition) is 5. The van der Waals surface area contributed by atoms with Crippen molar-refractivity contribution in [2.45, 2.75) is 45.8 Å². The van der Waals surface area contributed by atoms with Gasteiger partial charge in [0.2, 0.25) is 0 Å². The first-order chi connectivity index (χ1) is 8.74. The Labute approximate surface area is 114 Å². The van der Waals surface area contributed by atoms with Crippen molar-refractivity contribution in [3.8, 4) is 0 Å². The van der Waals surface area contributed by atoms with Crippen LogP contribution in [0, 0.1) is 5.92 Å². The molecule has 2 N–H and O–H groups in total. The molecule has 1 rings (SSSR count). The summed E-state index contributed by atoms with van der Waals surface area (Å²) in [5.41, 5.74) is 5.37. The van der Waals surface area contributed by atoms with E-state index in [0.29, 0.717) is 19.6 Å². The normalized spacial score (nSPS) is 23.9. The number of rotatable bonds is 2. The van der Waals surface area contributed by atoms with E-state index in [4.69, 9.17) is 15.2 Å². The third-order valence-corrected chi connectivity index (χ3v) is 2.91. The van der Waals surface area contributed by atoms with Gasteiger partial charge in [-0.3, -0.25) is 4.79 Å². The lowest BCUT2D eigenvalue weighted by Crippen LogP contribution is -2.53. The van der Waals surface area contributed by atoms with Gasteiger partial charge in [0.1, 0.15) is 5.60 Å². The Hall–Kier alpha value is -1.30. The molecule has 0 aromatic rings. The van der Waals surface area contributed by atoms with E-state index in [-0.39, 0.29) is 18.6 Å². The van der Waals surface area contributed by atoms with Crippen LogP contribution in [0.25, 0.3) is 0 Å². The van der Waals surface area contributed by atoms with Gasteiger partial charge in [-0.25, -0.2) is 4.79 Å². The van der Waals surface area contributed by atoms with Gasteiger partial charge < -0.3 is 20.1 Å². The van der Waals surface area contributed by atoms with Crippen molar-refractivity contribution in [2.24, 2.45) is 11.7 Å². The molecule has 1 amide bonds. The first-order valence-electron chi connectivity index (χ1n) is 6.64. The van der Waals surface area contributed by atoms with Crippen LogP contribution in [0.5, 0.6) is 0 Å². The summed E-state index contributed by atoms with van der Waals surface area (Å²) in [6.45, 7) is 8.25. The second kappa shape index (κ2) is 6.23. The lowest BCUT2D eigenvalue weighted by atomic mass is 9.93. The highest BCUT2D eigenvalue weighted by Gasteiger charge is 2.36. The largest absolute Gasteiger partial charge is 0.466 e. The van der Waals surface area contributed by atoms with E-state index in [2.05, 4.69) is 0 Å². The molecule has 1 aliphatic heterocycles. The zero-order valence-electron chi connectivity index (χ0n) is 12.1. The monoisotopic (exact) mass is 272 g/mol. The minimum Gasteiger partial charge on any atom is -0.466 e. The number of nitrogens with two attached hydrogens (primary N) is 1. The van der Waals surface area contributed by atoms with E-state index < -0.39 is 17.6 Å². The molecule has 0 spiro atoms. The maximum absolute atomic E-state index is 12.0. The minimum atomic E-state index is -0.546. The standard InChI is InChI=1S/C13H24N2O4/c1-5-18-11(16)9-8-15(7-6-10(9)14)12(17)19-13(2,3)4/h9-10H,5-8,14H2,1-4H3. The first-order valence-corrected chi connectivity index (χ1v) is 6.64. The highest BCUT2D eigenvalue weighted by atomic mass is 16.6. The lowest BCUT2D eigenvalue weighted by Gasteiger charge is -2.36. The molecule has 6 nitrogen and oxygen atoms in total. The van der Waals surface area contributed by atoms with Crippen molar-refractivity contribution >= 4 is 12.1 Å².